The standard InChI is InChI=1S/C44H88NO5P/c1-6-8-10-12-14-16-18-20-22-24-26-28-30-32-34-36-39-47-42-44(43-50-51(5,46)49-41-38-45(3)4)48-40-37-35-33-31-29-27-25-23-21-19-17-15-13-11-9-7-2/h20-23,44H,6-19,24-43H2,1-5H3/b22-20-,23-21-. The van der Waals surface area contributed by atoms with E-state index in [4.69, 9.17) is 18.5 Å². The predicted molar refractivity (Wildman–Crippen MR) is 223 cm³/mol. The third-order valence-electron chi connectivity index (χ3n) is 9.47. The number of nitrogens with zero attached hydrogens (tertiary/aromatic N) is 1. The van der Waals surface area contributed by atoms with Gasteiger partial charge in [0.1, 0.15) is 6.10 Å². The van der Waals surface area contributed by atoms with E-state index in [2.05, 4.69) is 38.2 Å². The molecule has 0 fully saturated rings. The highest BCUT2D eigenvalue weighted by Gasteiger charge is 2.21. The van der Waals surface area contributed by atoms with Crippen LogP contribution in [0, 0.1) is 0 Å². The summed E-state index contributed by atoms with van der Waals surface area (Å²) >= 11 is 0. The van der Waals surface area contributed by atoms with Crippen LogP contribution in [0.1, 0.15) is 194 Å². The molecule has 0 spiro atoms. The van der Waals surface area contributed by atoms with Gasteiger partial charge in [-0.3, -0.25) is 4.57 Å². The normalized spacial score (nSPS) is 14.0. The van der Waals surface area contributed by atoms with Gasteiger partial charge < -0.3 is 23.4 Å². The summed E-state index contributed by atoms with van der Waals surface area (Å²) in [6.07, 6.45) is 45.7. The minimum Gasteiger partial charge on any atom is -0.379 e. The smallest absolute Gasteiger partial charge is 0.327 e. The molecule has 304 valence electrons. The third-order valence-corrected chi connectivity index (χ3v) is 10.7. The van der Waals surface area contributed by atoms with Crippen LogP contribution in [-0.2, 0) is 23.1 Å². The summed E-state index contributed by atoms with van der Waals surface area (Å²) in [6, 6.07) is 0. The van der Waals surface area contributed by atoms with Gasteiger partial charge in [0.05, 0.1) is 19.8 Å². The molecule has 0 bridgehead atoms. The highest BCUT2D eigenvalue weighted by molar-refractivity contribution is 7.52. The highest BCUT2D eigenvalue weighted by Crippen LogP contribution is 2.43. The van der Waals surface area contributed by atoms with Crippen molar-refractivity contribution in [2.75, 3.05) is 60.3 Å². The SMILES string of the molecule is CCCCCCCC/C=C\CCCCCCCCOCC(COP(C)(=O)OCCN(C)C)OCCCCCCCC/C=C\CCCCCCCC. The average Bonchev–Trinajstić information content (AvgIpc) is 3.10. The summed E-state index contributed by atoms with van der Waals surface area (Å²) in [5.74, 6) is 0. The van der Waals surface area contributed by atoms with Crippen LogP contribution in [0.25, 0.3) is 0 Å². The van der Waals surface area contributed by atoms with Crippen LogP contribution in [0.3, 0.4) is 0 Å². The van der Waals surface area contributed by atoms with Gasteiger partial charge in [-0.1, -0.05) is 154 Å². The van der Waals surface area contributed by atoms with Crippen molar-refractivity contribution in [3.05, 3.63) is 24.3 Å². The molecule has 0 aromatic carbocycles. The second kappa shape index (κ2) is 40.7. The zero-order valence-electron chi connectivity index (χ0n) is 34.9. The number of unbranched alkanes of at least 4 members (excludes halogenated alkanes) is 24. The van der Waals surface area contributed by atoms with Gasteiger partial charge in [0.25, 0.3) is 0 Å². The van der Waals surface area contributed by atoms with Crippen molar-refractivity contribution in [1.82, 2.24) is 4.90 Å². The van der Waals surface area contributed by atoms with Crippen LogP contribution in [0.4, 0.5) is 0 Å². The second-order valence-electron chi connectivity index (χ2n) is 15.1. The Morgan fingerprint density at radius 3 is 1.31 bits per heavy atom. The van der Waals surface area contributed by atoms with Gasteiger partial charge in [-0.15, -0.1) is 0 Å². The first-order valence-corrected chi connectivity index (χ1v) is 23.9. The van der Waals surface area contributed by atoms with Gasteiger partial charge in [0.2, 0.25) is 0 Å². The minimum absolute atomic E-state index is 0.229. The molecule has 7 heteroatoms. The van der Waals surface area contributed by atoms with Gasteiger partial charge in [-0.05, 0) is 78.3 Å². The van der Waals surface area contributed by atoms with Crippen molar-refractivity contribution in [2.45, 2.75) is 200 Å². The number of allylic oxidation sites excluding steroid dienone is 4. The van der Waals surface area contributed by atoms with E-state index in [-0.39, 0.29) is 12.7 Å². The molecule has 0 aromatic rings. The van der Waals surface area contributed by atoms with Gasteiger partial charge in [0, 0.05) is 26.4 Å². The number of likely N-dealkylation sites (N-methyl/N-ethyl adjacent to an activating group) is 1. The Bertz CT molecular complexity index is 789. The Morgan fingerprint density at radius 1 is 0.490 bits per heavy atom. The van der Waals surface area contributed by atoms with Crippen molar-refractivity contribution in [2.24, 2.45) is 0 Å². The van der Waals surface area contributed by atoms with Gasteiger partial charge in [-0.25, -0.2) is 0 Å². The number of hydrogen-bond acceptors (Lipinski definition) is 6. The molecule has 0 heterocycles. The lowest BCUT2D eigenvalue weighted by Crippen LogP contribution is -2.26. The fourth-order valence-electron chi connectivity index (χ4n) is 6.06. The van der Waals surface area contributed by atoms with Crippen molar-refractivity contribution < 1.29 is 23.1 Å². The van der Waals surface area contributed by atoms with E-state index in [9.17, 15) is 4.57 Å². The molecular weight excluding hydrogens is 653 g/mol. The maximum absolute atomic E-state index is 12.8. The molecule has 0 aliphatic rings. The topological polar surface area (TPSA) is 57.2 Å². The first-order valence-electron chi connectivity index (χ1n) is 21.9. The summed E-state index contributed by atoms with van der Waals surface area (Å²) < 4.78 is 36.3. The Balaban J connectivity index is 4.05. The number of rotatable bonds is 42. The first kappa shape index (κ1) is 50.5. The summed E-state index contributed by atoms with van der Waals surface area (Å²) in [4.78, 5) is 2.00. The molecule has 2 atom stereocenters. The van der Waals surface area contributed by atoms with Crippen molar-refractivity contribution in [3.63, 3.8) is 0 Å². The van der Waals surface area contributed by atoms with Crippen molar-refractivity contribution >= 4 is 7.60 Å². The molecule has 0 aliphatic carbocycles. The maximum Gasteiger partial charge on any atom is 0.327 e. The molecule has 0 rings (SSSR count). The molecule has 0 aromatic heterocycles. The van der Waals surface area contributed by atoms with Crippen molar-refractivity contribution in [1.29, 1.82) is 0 Å². The Labute approximate surface area is 319 Å². The van der Waals surface area contributed by atoms with Crippen LogP contribution in [0.5, 0.6) is 0 Å². The van der Waals surface area contributed by atoms with Gasteiger partial charge >= 0.3 is 7.60 Å². The largest absolute Gasteiger partial charge is 0.379 e. The first-order chi connectivity index (χ1) is 24.9. The van der Waals surface area contributed by atoms with E-state index in [1.807, 2.05) is 19.0 Å². The number of hydrogen-bond donors (Lipinski definition) is 0. The zero-order chi connectivity index (χ0) is 37.4. The Morgan fingerprint density at radius 2 is 0.882 bits per heavy atom. The van der Waals surface area contributed by atoms with E-state index in [0.29, 0.717) is 26.4 Å². The van der Waals surface area contributed by atoms with E-state index in [1.165, 1.54) is 167 Å². The molecule has 0 saturated carbocycles. The highest BCUT2D eigenvalue weighted by atomic mass is 31.2. The van der Waals surface area contributed by atoms with Gasteiger partial charge in [-0.2, -0.15) is 0 Å². The molecule has 2 unspecified atom stereocenters. The lowest BCUT2D eigenvalue weighted by Gasteiger charge is -2.21. The number of ether oxygens (including phenoxy) is 2. The van der Waals surface area contributed by atoms with Crippen LogP contribution in [0.2, 0.25) is 0 Å². The lowest BCUT2D eigenvalue weighted by molar-refractivity contribution is -0.0410. The van der Waals surface area contributed by atoms with Crippen molar-refractivity contribution in [3.8, 4) is 0 Å². The molecule has 0 N–H and O–H groups in total. The monoisotopic (exact) mass is 742 g/mol. The summed E-state index contributed by atoms with van der Waals surface area (Å²) in [7, 11) is 0.813. The molecule has 0 saturated heterocycles. The predicted octanol–water partition coefficient (Wildman–Crippen LogP) is 13.9. The Hall–Kier alpha value is -0.490. The minimum atomic E-state index is -3.13. The molecule has 0 radical (unpaired) electrons. The molecular formula is C44H88NO5P. The Kier molecular flexibility index (Phi) is 40.3. The van der Waals surface area contributed by atoms with E-state index < -0.39 is 7.60 Å². The molecule has 0 amide bonds. The van der Waals surface area contributed by atoms with Gasteiger partial charge in [0.15, 0.2) is 0 Å². The fraction of sp³-hybridized carbons (Fsp3) is 0.909. The average molecular weight is 742 g/mol. The van der Waals surface area contributed by atoms with Crippen LogP contribution >= 0.6 is 7.60 Å². The van der Waals surface area contributed by atoms with Crippen LogP contribution in [-0.4, -0.2) is 71.3 Å². The zero-order valence-corrected chi connectivity index (χ0v) is 35.8. The second-order valence-corrected chi connectivity index (χ2v) is 17.2. The van der Waals surface area contributed by atoms with E-state index in [1.54, 1.807) is 6.66 Å². The molecule has 51 heavy (non-hydrogen) atoms. The van der Waals surface area contributed by atoms with Crippen LogP contribution < -0.4 is 0 Å². The quantitative estimate of drug-likeness (QED) is 0.0353. The maximum atomic E-state index is 12.8. The summed E-state index contributed by atoms with van der Waals surface area (Å²) in [5.41, 5.74) is 0. The molecule has 6 nitrogen and oxygen atoms in total. The fourth-order valence-corrected chi connectivity index (χ4v) is 6.98. The van der Waals surface area contributed by atoms with E-state index >= 15 is 0 Å². The van der Waals surface area contributed by atoms with Crippen LogP contribution in [0.15, 0.2) is 24.3 Å². The summed E-state index contributed by atoms with van der Waals surface area (Å²) in [6.45, 7) is 9.32. The lowest BCUT2D eigenvalue weighted by atomic mass is 10.1. The summed E-state index contributed by atoms with van der Waals surface area (Å²) in [5, 5.41) is 0. The molecule has 0 aliphatic heterocycles. The third kappa shape index (κ3) is 42.1. The van der Waals surface area contributed by atoms with E-state index in [0.717, 1.165) is 19.4 Å².